The van der Waals surface area contributed by atoms with E-state index >= 15 is 0 Å². The van der Waals surface area contributed by atoms with E-state index in [1.165, 1.54) is 12.8 Å². The van der Waals surface area contributed by atoms with Gasteiger partial charge in [-0.1, -0.05) is 6.92 Å². The van der Waals surface area contributed by atoms with Crippen LogP contribution in [0.15, 0.2) is 0 Å². The average Bonchev–Trinajstić information content (AvgIpc) is 3.15. The second kappa shape index (κ2) is 5.55. The molecule has 1 fully saturated rings. The summed E-state index contributed by atoms with van der Waals surface area (Å²) in [6.45, 7) is 5.38. The molecule has 0 aliphatic heterocycles. The summed E-state index contributed by atoms with van der Waals surface area (Å²) in [6.07, 6.45) is 4.77. The predicted molar refractivity (Wildman–Crippen MR) is 76.3 cm³/mol. The molecule has 0 spiro atoms. The van der Waals surface area contributed by atoms with E-state index in [0.717, 1.165) is 48.3 Å². The molecule has 0 bridgehead atoms. The molecule has 1 aromatic rings. The first-order valence-electron chi connectivity index (χ1n) is 6.92. The molecule has 18 heavy (non-hydrogen) atoms. The van der Waals surface area contributed by atoms with Crippen LogP contribution in [0.5, 0.6) is 0 Å². The first-order chi connectivity index (χ1) is 8.65. The zero-order valence-electron chi connectivity index (χ0n) is 12.0. The first-order valence-corrected chi connectivity index (χ1v) is 6.92. The second-order valence-electron chi connectivity index (χ2n) is 5.26. The summed E-state index contributed by atoms with van der Waals surface area (Å²) in [5.41, 5.74) is 1.15. The SMILES string of the molecule is CCCc1nc(NC)c(C)c(N(C)CC2CC2)n1. The maximum absolute atomic E-state index is 4.73. The monoisotopic (exact) mass is 248 g/mol. The maximum Gasteiger partial charge on any atom is 0.137 e. The molecule has 4 heteroatoms. The highest BCUT2D eigenvalue weighted by Crippen LogP contribution is 2.32. The van der Waals surface area contributed by atoms with Gasteiger partial charge in [-0.2, -0.15) is 0 Å². The van der Waals surface area contributed by atoms with Crippen LogP contribution in [-0.2, 0) is 6.42 Å². The first kappa shape index (κ1) is 13.1. The van der Waals surface area contributed by atoms with Crippen molar-refractivity contribution in [1.29, 1.82) is 0 Å². The number of hydrogen-bond acceptors (Lipinski definition) is 4. The molecule has 1 N–H and O–H groups in total. The van der Waals surface area contributed by atoms with Crippen molar-refractivity contribution in [1.82, 2.24) is 9.97 Å². The molecule has 1 heterocycles. The van der Waals surface area contributed by atoms with E-state index in [1.807, 2.05) is 7.05 Å². The molecule has 4 nitrogen and oxygen atoms in total. The summed E-state index contributed by atoms with van der Waals surface area (Å²) >= 11 is 0. The largest absolute Gasteiger partial charge is 0.373 e. The number of aromatic nitrogens is 2. The van der Waals surface area contributed by atoms with Gasteiger partial charge in [0.2, 0.25) is 0 Å². The van der Waals surface area contributed by atoms with Gasteiger partial charge >= 0.3 is 0 Å². The third-order valence-electron chi connectivity index (χ3n) is 3.47. The van der Waals surface area contributed by atoms with Crippen LogP contribution in [0, 0.1) is 12.8 Å². The summed E-state index contributed by atoms with van der Waals surface area (Å²) in [5, 5.41) is 3.18. The quantitative estimate of drug-likeness (QED) is 0.840. The number of rotatable bonds is 6. The molecule has 0 unspecified atom stereocenters. The molecule has 0 radical (unpaired) electrons. The third kappa shape index (κ3) is 2.92. The lowest BCUT2D eigenvalue weighted by molar-refractivity contribution is 0.758. The van der Waals surface area contributed by atoms with Gasteiger partial charge in [0, 0.05) is 32.6 Å². The van der Waals surface area contributed by atoms with Gasteiger partial charge in [-0.3, -0.25) is 0 Å². The molecular formula is C14H24N4. The topological polar surface area (TPSA) is 41.1 Å². The normalized spacial score (nSPS) is 14.7. The van der Waals surface area contributed by atoms with Crippen LogP contribution in [0.25, 0.3) is 0 Å². The highest BCUT2D eigenvalue weighted by atomic mass is 15.2. The van der Waals surface area contributed by atoms with Gasteiger partial charge in [0.1, 0.15) is 17.5 Å². The molecule has 0 atom stereocenters. The van der Waals surface area contributed by atoms with Gasteiger partial charge in [-0.05, 0) is 32.1 Å². The second-order valence-corrected chi connectivity index (χ2v) is 5.26. The van der Waals surface area contributed by atoms with Gasteiger partial charge in [-0.25, -0.2) is 9.97 Å². The minimum atomic E-state index is 0.872. The molecule has 0 aromatic carbocycles. The van der Waals surface area contributed by atoms with E-state index < -0.39 is 0 Å². The fourth-order valence-electron chi connectivity index (χ4n) is 2.27. The number of aryl methyl sites for hydroxylation is 1. The third-order valence-corrected chi connectivity index (χ3v) is 3.47. The molecule has 2 rings (SSSR count). The maximum atomic E-state index is 4.73. The van der Waals surface area contributed by atoms with E-state index in [9.17, 15) is 0 Å². The lowest BCUT2D eigenvalue weighted by Crippen LogP contribution is -2.23. The lowest BCUT2D eigenvalue weighted by atomic mass is 10.2. The Labute approximate surface area is 110 Å². The van der Waals surface area contributed by atoms with Gasteiger partial charge in [0.15, 0.2) is 0 Å². The van der Waals surface area contributed by atoms with Crippen LogP contribution in [0.4, 0.5) is 11.6 Å². The standard InChI is InChI=1S/C14H24N4/c1-5-6-12-16-13(15-3)10(2)14(17-12)18(4)9-11-7-8-11/h11H,5-9H2,1-4H3,(H,15,16,17). The predicted octanol–water partition coefficient (Wildman–Crippen LogP) is 2.63. The van der Waals surface area contributed by atoms with Gasteiger partial charge in [0.05, 0.1) is 0 Å². The van der Waals surface area contributed by atoms with Crippen LogP contribution in [0.1, 0.15) is 37.6 Å². The summed E-state index contributed by atoms with van der Waals surface area (Å²) in [4.78, 5) is 11.6. The van der Waals surface area contributed by atoms with Crippen molar-refractivity contribution in [2.24, 2.45) is 5.92 Å². The van der Waals surface area contributed by atoms with Crippen LogP contribution < -0.4 is 10.2 Å². The Morgan fingerprint density at radius 2 is 2.06 bits per heavy atom. The van der Waals surface area contributed by atoms with E-state index in [2.05, 4.69) is 36.1 Å². The lowest BCUT2D eigenvalue weighted by Gasteiger charge is -2.22. The summed E-state index contributed by atoms with van der Waals surface area (Å²) in [7, 11) is 4.07. The van der Waals surface area contributed by atoms with Gasteiger partial charge in [0.25, 0.3) is 0 Å². The van der Waals surface area contributed by atoms with Crippen molar-refractivity contribution < 1.29 is 0 Å². The zero-order valence-corrected chi connectivity index (χ0v) is 12.0. The fraction of sp³-hybridized carbons (Fsp3) is 0.714. The van der Waals surface area contributed by atoms with Crippen molar-refractivity contribution in [2.75, 3.05) is 30.9 Å². The van der Waals surface area contributed by atoms with E-state index in [-0.39, 0.29) is 0 Å². The van der Waals surface area contributed by atoms with E-state index in [0.29, 0.717) is 0 Å². The molecule has 100 valence electrons. The van der Waals surface area contributed by atoms with Crippen molar-refractivity contribution >= 4 is 11.6 Å². The van der Waals surface area contributed by atoms with Crippen molar-refractivity contribution in [3.8, 4) is 0 Å². The molecule has 0 saturated heterocycles. The Hall–Kier alpha value is -1.32. The summed E-state index contributed by atoms with van der Waals surface area (Å²) in [5.74, 6) is 3.87. The van der Waals surface area contributed by atoms with E-state index in [1.54, 1.807) is 0 Å². The van der Waals surface area contributed by atoms with Crippen LogP contribution in [-0.4, -0.2) is 30.6 Å². The highest BCUT2D eigenvalue weighted by molar-refractivity contribution is 5.58. The summed E-state index contributed by atoms with van der Waals surface area (Å²) in [6, 6.07) is 0. The van der Waals surface area contributed by atoms with Crippen molar-refractivity contribution in [3.05, 3.63) is 11.4 Å². The van der Waals surface area contributed by atoms with Crippen molar-refractivity contribution in [3.63, 3.8) is 0 Å². The van der Waals surface area contributed by atoms with Gasteiger partial charge < -0.3 is 10.2 Å². The van der Waals surface area contributed by atoms with Crippen LogP contribution in [0.2, 0.25) is 0 Å². The van der Waals surface area contributed by atoms with Crippen LogP contribution >= 0.6 is 0 Å². The Balaban J connectivity index is 2.26. The minimum absolute atomic E-state index is 0.872. The Kier molecular flexibility index (Phi) is 4.04. The number of nitrogens with zero attached hydrogens (tertiary/aromatic N) is 3. The molecular weight excluding hydrogens is 224 g/mol. The van der Waals surface area contributed by atoms with Crippen molar-refractivity contribution in [2.45, 2.75) is 39.5 Å². The fourth-order valence-corrected chi connectivity index (χ4v) is 2.27. The number of anilines is 2. The van der Waals surface area contributed by atoms with Gasteiger partial charge in [-0.15, -0.1) is 0 Å². The number of hydrogen-bond donors (Lipinski definition) is 1. The summed E-state index contributed by atoms with van der Waals surface area (Å²) < 4.78 is 0. The Bertz CT molecular complexity index is 413. The average molecular weight is 248 g/mol. The number of nitrogens with one attached hydrogen (secondary N) is 1. The minimum Gasteiger partial charge on any atom is -0.373 e. The smallest absolute Gasteiger partial charge is 0.137 e. The molecule has 1 aliphatic rings. The molecule has 1 aliphatic carbocycles. The van der Waals surface area contributed by atoms with Crippen LogP contribution in [0.3, 0.4) is 0 Å². The molecule has 1 aromatic heterocycles. The molecule has 1 saturated carbocycles. The highest BCUT2D eigenvalue weighted by Gasteiger charge is 2.24. The Morgan fingerprint density at radius 1 is 1.33 bits per heavy atom. The Morgan fingerprint density at radius 3 is 2.61 bits per heavy atom. The van der Waals surface area contributed by atoms with E-state index in [4.69, 9.17) is 4.98 Å². The zero-order chi connectivity index (χ0) is 13.1. The molecule has 0 amide bonds.